The lowest BCUT2D eigenvalue weighted by Gasteiger charge is -2.52. The molecule has 2 aliphatic rings. The summed E-state index contributed by atoms with van der Waals surface area (Å²) < 4.78 is 42.3. The fourth-order valence-electron chi connectivity index (χ4n) is 4.41. The van der Waals surface area contributed by atoms with E-state index in [-0.39, 0.29) is 18.3 Å². The van der Waals surface area contributed by atoms with Gasteiger partial charge in [0, 0.05) is 12.7 Å². The first-order valence-corrected chi connectivity index (χ1v) is 16.2. The van der Waals surface area contributed by atoms with Gasteiger partial charge in [-0.2, -0.15) is 0 Å². The number of hydrogen-bond donors (Lipinski definition) is 1. The summed E-state index contributed by atoms with van der Waals surface area (Å²) in [5.41, 5.74) is 1.74. The second kappa shape index (κ2) is 12.4. The molecule has 2 aliphatic heterocycles. The minimum Gasteiger partial charge on any atom is -0.497 e. The van der Waals surface area contributed by atoms with Gasteiger partial charge in [-0.3, -0.25) is 0 Å². The van der Waals surface area contributed by atoms with Crippen LogP contribution in [0.1, 0.15) is 38.2 Å². The maximum absolute atomic E-state index is 13.0. The molecule has 0 saturated carbocycles. The highest BCUT2D eigenvalue weighted by Crippen LogP contribution is 2.42. The Hall–Kier alpha value is -2.47. The summed E-state index contributed by atoms with van der Waals surface area (Å²) in [5.74, 6) is 0.744. The molecular formula is C29H41NO8Si. The van der Waals surface area contributed by atoms with Crippen molar-refractivity contribution in [2.45, 2.75) is 82.4 Å². The molecule has 6 atom stereocenters. The Balaban J connectivity index is 1.58. The lowest BCUT2D eigenvalue weighted by atomic mass is 9.96. The van der Waals surface area contributed by atoms with E-state index in [0.717, 1.165) is 16.9 Å². The van der Waals surface area contributed by atoms with Gasteiger partial charge in [-0.05, 0) is 35.8 Å². The van der Waals surface area contributed by atoms with Gasteiger partial charge in [-0.15, -0.1) is 0 Å². The smallest absolute Gasteiger partial charge is 0.407 e. The second-order valence-electron chi connectivity index (χ2n) is 11.4. The number of hydrogen-bond acceptors (Lipinski definition) is 8. The molecule has 2 aromatic rings. The number of alkyl carbamates (subject to hydrolysis) is 1. The summed E-state index contributed by atoms with van der Waals surface area (Å²) in [6.45, 7) is 11.3. The molecule has 2 saturated heterocycles. The number of ether oxygens (including phenoxy) is 6. The number of carbonyl (C=O) groups excluding carboxylic acids is 1. The Bertz CT molecular complexity index is 1070. The van der Waals surface area contributed by atoms with Crippen molar-refractivity contribution < 1.29 is 37.6 Å². The molecule has 4 rings (SSSR count). The highest BCUT2D eigenvalue weighted by molar-refractivity contribution is 6.74. The third-order valence-corrected chi connectivity index (χ3v) is 12.2. The normalized spacial score (nSPS) is 27.4. The first-order valence-electron chi connectivity index (χ1n) is 13.3. The van der Waals surface area contributed by atoms with E-state index in [1.54, 1.807) is 14.2 Å². The number of rotatable bonds is 8. The number of carbonyl (C=O) groups is 1. The van der Waals surface area contributed by atoms with Crippen LogP contribution in [0, 0.1) is 0 Å². The molecule has 2 aromatic carbocycles. The summed E-state index contributed by atoms with van der Waals surface area (Å²) in [4.78, 5) is 13.0. The van der Waals surface area contributed by atoms with Crippen molar-refractivity contribution >= 4 is 14.4 Å². The van der Waals surface area contributed by atoms with Gasteiger partial charge in [0.15, 0.2) is 20.9 Å². The topological polar surface area (TPSA) is 93.7 Å². The van der Waals surface area contributed by atoms with E-state index in [1.807, 2.05) is 54.6 Å². The van der Waals surface area contributed by atoms with Crippen LogP contribution in [0.4, 0.5) is 4.79 Å². The Morgan fingerprint density at radius 1 is 1.03 bits per heavy atom. The SMILES string of the molecule is COc1ccc([C@@H]2OC[C@H]3O[C@H](OC)[C@H](NC(=O)OCc4ccccc4)[C@@H](O[Si](C)(C)C(C)(C)C)[C@@H]3O2)cc1. The standard InChI is InChI=1S/C29H41NO8Si/c1-29(2,3)39(6,7)38-25-23(30-28(31)35-17-19-11-9-8-10-12-19)27(33-5)36-22-18-34-26(37-24(22)25)20-13-15-21(32-4)16-14-20/h8-16,22-27H,17-18H2,1-7H3,(H,30,31)/t22-,23-,24-,25-,26-,27+/m1/s1. The number of benzene rings is 2. The lowest BCUT2D eigenvalue weighted by Crippen LogP contribution is -2.69. The van der Waals surface area contributed by atoms with E-state index in [2.05, 4.69) is 39.2 Å². The first-order chi connectivity index (χ1) is 18.5. The quantitative estimate of drug-likeness (QED) is 0.443. The fourth-order valence-corrected chi connectivity index (χ4v) is 5.73. The van der Waals surface area contributed by atoms with Crippen LogP contribution in [0.2, 0.25) is 18.1 Å². The van der Waals surface area contributed by atoms with Crippen molar-refractivity contribution in [3.63, 3.8) is 0 Å². The van der Waals surface area contributed by atoms with Gasteiger partial charge in [-0.25, -0.2) is 4.79 Å². The molecule has 1 amide bonds. The molecule has 10 heteroatoms. The maximum Gasteiger partial charge on any atom is 0.407 e. The number of nitrogens with one attached hydrogen (secondary N) is 1. The Kier molecular flexibility index (Phi) is 9.35. The monoisotopic (exact) mass is 559 g/mol. The van der Waals surface area contributed by atoms with E-state index in [4.69, 9.17) is 32.8 Å². The minimum atomic E-state index is -2.33. The van der Waals surface area contributed by atoms with Crippen molar-refractivity contribution in [1.29, 1.82) is 0 Å². The van der Waals surface area contributed by atoms with E-state index >= 15 is 0 Å². The van der Waals surface area contributed by atoms with Crippen LogP contribution in [0.25, 0.3) is 0 Å². The van der Waals surface area contributed by atoms with Crippen LogP contribution >= 0.6 is 0 Å². The summed E-state index contributed by atoms with van der Waals surface area (Å²) in [6.07, 6.45) is -3.53. The first kappa shape index (κ1) is 29.5. The molecule has 2 heterocycles. The molecule has 2 fully saturated rings. The molecule has 1 N–H and O–H groups in total. The van der Waals surface area contributed by atoms with Crippen LogP contribution in [0.15, 0.2) is 54.6 Å². The van der Waals surface area contributed by atoms with Gasteiger partial charge in [0.1, 0.15) is 30.6 Å². The zero-order valence-corrected chi connectivity index (χ0v) is 24.8. The zero-order valence-electron chi connectivity index (χ0n) is 23.8. The van der Waals surface area contributed by atoms with Gasteiger partial charge < -0.3 is 38.2 Å². The van der Waals surface area contributed by atoms with Crippen LogP contribution in [-0.4, -0.2) is 65.9 Å². The summed E-state index contributed by atoms with van der Waals surface area (Å²) in [5, 5.41) is 2.88. The summed E-state index contributed by atoms with van der Waals surface area (Å²) in [7, 11) is 0.840. The van der Waals surface area contributed by atoms with Gasteiger partial charge in [0.25, 0.3) is 0 Å². The van der Waals surface area contributed by atoms with E-state index < -0.39 is 51.3 Å². The van der Waals surface area contributed by atoms with Crippen molar-refractivity contribution in [2.24, 2.45) is 0 Å². The van der Waals surface area contributed by atoms with E-state index in [9.17, 15) is 4.79 Å². The van der Waals surface area contributed by atoms with Crippen molar-refractivity contribution in [1.82, 2.24) is 5.32 Å². The third kappa shape index (κ3) is 7.00. The largest absolute Gasteiger partial charge is 0.497 e. The third-order valence-electron chi connectivity index (χ3n) is 7.69. The number of methoxy groups -OCH3 is 2. The van der Waals surface area contributed by atoms with E-state index in [1.165, 1.54) is 0 Å². The van der Waals surface area contributed by atoms with Crippen LogP contribution in [-0.2, 0) is 34.7 Å². The van der Waals surface area contributed by atoms with Gasteiger partial charge in [0.2, 0.25) is 0 Å². The molecule has 0 radical (unpaired) electrons. The van der Waals surface area contributed by atoms with Crippen LogP contribution in [0.3, 0.4) is 0 Å². The average molecular weight is 560 g/mol. The van der Waals surface area contributed by atoms with E-state index in [0.29, 0.717) is 0 Å². The van der Waals surface area contributed by atoms with Crippen LogP contribution in [0.5, 0.6) is 5.75 Å². The fraction of sp³-hybridized carbons (Fsp3) is 0.552. The molecule has 0 spiro atoms. The van der Waals surface area contributed by atoms with Crippen molar-refractivity contribution in [2.75, 3.05) is 20.8 Å². The Labute approximate surface area is 232 Å². The van der Waals surface area contributed by atoms with Gasteiger partial charge >= 0.3 is 6.09 Å². The molecule has 9 nitrogen and oxygen atoms in total. The Morgan fingerprint density at radius 2 is 1.72 bits per heavy atom. The minimum absolute atomic E-state index is 0.0811. The van der Waals surface area contributed by atoms with Crippen molar-refractivity contribution in [3.8, 4) is 5.75 Å². The average Bonchev–Trinajstić information content (AvgIpc) is 2.92. The molecule has 0 bridgehead atoms. The lowest BCUT2D eigenvalue weighted by molar-refractivity contribution is -0.339. The number of fused-ring (bicyclic) bond motifs is 1. The highest BCUT2D eigenvalue weighted by atomic mass is 28.4. The number of amides is 1. The molecule has 0 aromatic heterocycles. The predicted molar refractivity (Wildman–Crippen MR) is 148 cm³/mol. The van der Waals surface area contributed by atoms with Gasteiger partial charge in [-0.1, -0.05) is 63.2 Å². The maximum atomic E-state index is 13.0. The van der Waals surface area contributed by atoms with Gasteiger partial charge in [0.05, 0.1) is 19.8 Å². The van der Waals surface area contributed by atoms with Crippen LogP contribution < -0.4 is 10.1 Å². The second-order valence-corrected chi connectivity index (χ2v) is 16.1. The molecule has 0 unspecified atom stereocenters. The molecular weight excluding hydrogens is 518 g/mol. The molecule has 0 aliphatic carbocycles. The molecule has 214 valence electrons. The molecule has 39 heavy (non-hydrogen) atoms. The Morgan fingerprint density at radius 3 is 2.33 bits per heavy atom. The zero-order chi connectivity index (χ0) is 28.2. The van der Waals surface area contributed by atoms with Crippen molar-refractivity contribution in [3.05, 3.63) is 65.7 Å². The predicted octanol–water partition coefficient (Wildman–Crippen LogP) is 5.17. The summed E-state index contributed by atoms with van der Waals surface area (Å²) in [6, 6.07) is 16.4. The summed E-state index contributed by atoms with van der Waals surface area (Å²) >= 11 is 0. The highest BCUT2D eigenvalue weighted by Gasteiger charge is 2.54.